The summed E-state index contributed by atoms with van der Waals surface area (Å²) in [6.45, 7) is 9.28. The first-order valence-electron chi connectivity index (χ1n) is 5.90. The third-order valence-electron chi connectivity index (χ3n) is 3.01. The first-order valence-corrected chi connectivity index (χ1v) is 5.90. The Hall–Kier alpha value is -0.650. The first-order chi connectivity index (χ1) is 7.65. The Balaban J connectivity index is 2.68. The van der Waals surface area contributed by atoms with E-state index in [1.807, 2.05) is 32.8 Å². The Morgan fingerprint density at radius 2 is 1.76 bits per heavy atom. The highest BCUT2D eigenvalue weighted by Gasteiger charge is 2.46. The van der Waals surface area contributed by atoms with Crippen molar-refractivity contribution in [1.82, 2.24) is 5.06 Å². The molecule has 100 valence electrons. The number of hydroxylamine groups is 2. The largest absolute Gasteiger partial charge is 0.437 e. The summed E-state index contributed by atoms with van der Waals surface area (Å²) < 4.78 is 4.79. The van der Waals surface area contributed by atoms with E-state index in [0.717, 1.165) is 0 Å². The summed E-state index contributed by atoms with van der Waals surface area (Å²) in [5.41, 5.74) is -0.581. The van der Waals surface area contributed by atoms with E-state index >= 15 is 0 Å². The van der Waals surface area contributed by atoms with Gasteiger partial charge in [-0.2, -0.15) is 5.06 Å². The fourth-order valence-corrected chi connectivity index (χ4v) is 2.72. The molecular formula is C12H23NO4. The van der Waals surface area contributed by atoms with Crippen LogP contribution in [0.4, 0.5) is 0 Å². The lowest BCUT2D eigenvalue weighted by Gasteiger charge is -2.52. The van der Waals surface area contributed by atoms with Gasteiger partial charge < -0.3 is 9.84 Å². The zero-order valence-corrected chi connectivity index (χ0v) is 11.3. The Kier molecular flexibility index (Phi) is 4.17. The molecule has 0 aliphatic carbocycles. The molecule has 1 aliphatic rings. The third kappa shape index (κ3) is 3.66. The molecule has 1 rings (SSSR count). The van der Waals surface area contributed by atoms with Gasteiger partial charge in [-0.05, 0) is 40.5 Å². The molecule has 0 radical (unpaired) electrons. The van der Waals surface area contributed by atoms with Crippen molar-refractivity contribution in [1.29, 1.82) is 0 Å². The summed E-state index contributed by atoms with van der Waals surface area (Å²) >= 11 is 0. The fourth-order valence-electron chi connectivity index (χ4n) is 2.72. The highest BCUT2D eigenvalue weighted by molar-refractivity contribution is 5.65. The number of rotatable bonds is 3. The number of hydrogen-bond donors (Lipinski definition) is 1. The van der Waals surface area contributed by atoms with E-state index in [2.05, 4.69) is 0 Å². The van der Waals surface area contributed by atoms with E-state index < -0.39 is 0 Å². The molecule has 1 N–H and O–H groups in total. The molecule has 0 aromatic rings. The summed E-state index contributed by atoms with van der Waals surface area (Å²) in [6, 6.07) is 0. The number of ether oxygens (including phenoxy) is 1. The molecular weight excluding hydrogens is 222 g/mol. The topological polar surface area (TPSA) is 59.0 Å². The second kappa shape index (κ2) is 4.92. The van der Waals surface area contributed by atoms with Crippen LogP contribution < -0.4 is 0 Å². The summed E-state index contributed by atoms with van der Waals surface area (Å²) in [5.74, 6) is -0.363. The van der Waals surface area contributed by atoms with Crippen LogP contribution in [0.1, 0.15) is 47.5 Å². The van der Waals surface area contributed by atoms with Crippen LogP contribution in [0.15, 0.2) is 0 Å². The molecule has 0 bridgehead atoms. The quantitative estimate of drug-likeness (QED) is 0.602. The zero-order valence-electron chi connectivity index (χ0n) is 11.3. The lowest BCUT2D eigenvalue weighted by molar-refractivity contribution is -0.319. The second-order valence-corrected chi connectivity index (χ2v) is 5.86. The molecule has 0 unspecified atom stereocenters. The normalized spacial score (nSPS) is 24.6. The number of piperidine rings is 1. The number of nitrogens with zero attached hydrogens (tertiary/aromatic N) is 1. The average molecular weight is 245 g/mol. The van der Waals surface area contributed by atoms with Crippen LogP contribution >= 0.6 is 0 Å². The minimum absolute atomic E-state index is 0.0850. The van der Waals surface area contributed by atoms with Gasteiger partial charge in [-0.15, -0.1) is 0 Å². The molecule has 0 atom stereocenters. The SMILES string of the molecule is CC(=O)OCON1C(C)(C)CC(O)CC1(C)C. The molecule has 0 aromatic heterocycles. The van der Waals surface area contributed by atoms with Crippen LogP contribution in [0, 0.1) is 0 Å². The summed E-state index contributed by atoms with van der Waals surface area (Å²) in [5, 5.41) is 11.7. The van der Waals surface area contributed by atoms with Crippen molar-refractivity contribution in [2.45, 2.75) is 64.6 Å². The highest BCUT2D eigenvalue weighted by Crippen LogP contribution is 2.38. The second-order valence-electron chi connectivity index (χ2n) is 5.86. The predicted molar refractivity (Wildman–Crippen MR) is 63.0 cm³/mol. The molecule has 5 nitrogen and oxygen atoms in total. The fraction of sp³-hybridized carbons (Fsp3) is 0.917. The highest BCUT2D eigenvalue weighted by atomic mass is 16.8. The predicted octanol–water partition coefficient (Wildman–Crippen LogP) is 1.45. The molecule has 1 aliphatic heterocycles. The third-order valence-corrected chi connectivity index (χ3v) is 3.01. The minimum Gasteiger partial charge on any atom is -0.437 e. The van der Waals surface area contributed by atoms with E-state index in [1.54, 1.807) is 0 Å². The molecule has 0 aromatic carbocycles. The Bertz CT molecular complexity index is 270. The van der Waals surface area contributed by atoms with E-state index in [-0.39, 0.29) is 29.9 Å². The van der Waals surface area contributed by atoms with Crippen molar-refractivity contribution in [2.24, 2.45) is 0 Å². The molecule has 5 heteroatoms. The number of hydrogen-bond acceptors (Lipinski definition) is 5. The number of aliphatic hydroxyl groups excluding tert-OH is 1. The lowest BCUT2D eigenvalue weighted by atomic mass is 9.80. The summed E-state index contributed by atoms with van der Waals surface area (Å²) in [6.07, 6.45) is 0.945. The lowest BCUT2D eigenvalue weighted by Crippen LogP contribution is -2.61. The van der Waals surface area contributed by atoms with E-state index in [1.165, 1.54) is 6.92 Å². The Labute approximate surface area is 103 Å². The van der Waals surface area contributed by atoms with Gasteiger partial charge in [0, 0.05) is 18.0 Å². The van der Waals surface area contributed by atoms with Crippen LogP contribution in [0.2, 0.25) is 0 Å². The number of carbonyl (C=O) groups is 1. The molecule has 1 heterocycles. The van der Waals surface area contributed by atoms with Gasteiger partial charge in [0.15, 0.2) is 0 Å². The first kappa shape index (κ1) is 14.4. The minimum atomic E-state index is -0.363. The van der Waals surface area contributed by atoms with Crippen molar-refractivity contribution >= 4 is 5.97 Å². The van der Waals surface area contributed by atoms with E-state index in [4.69, 9.17) is 9.57 Å². The van der Waals surface area contributed by atoms with Gasteiger partial charge >= 0.3 is 5.97 Å². The van der Waals surface area contributed by atoms with Crippen molar-refractivity contribution in [3.8, 4) is 0 Å². The molecule has 0 saturated carbocycles. The Morgan fingerprint density at radius 1 is 1.29 bits per heavy atom. The summed E-state index contributed by atoms with van der Waals surface area (Å²) in [7, 11) is 0. The van der Waals surface area contributed by atoms with Crippen molar-refractivity contribution in [3.63, 3.8) is 0 Å². The van der Waals surface area contributed by atoms with Gasteiger partial charge in [0.25, 0.3) is 0 Å². The maximum absolute atomic E-state index is 10.7. The van der Waals surface area contributed by atoms with Crippen LogP contribution in [-0.4, -0.2) is 40.1 Å². The van der Waals surface area contributed by atoms with E-state index in [9.17, 15) is 9.90 Å². The maximum Gasteiger partial charge on any atom is 0.304 e. The number of esters is 1. The average Bonchev–Trinajstić information content (AvgIpc) is 2.06. The van der Waals surface area contributed by atoms with Crippen LogP contribution in [0.3, 0.4) is 0 Å². The van der Waals surface area contributed by atoms with Gasteiger partial charge in [-0.25, -0.2) is 0 Å². The number of carbonyl (C=O) groups excluding carboxylic acids is 1. The van der Waals surface area contributed by atoms with Gasteiger partial charge in [0.1, 0.15) is 0 Å². The summed E-state index contributed by atoms with van der Waals surface area (Å²) in [4.78, 5) is 16.3. The van der Waals surface area contributed by atoms with Crippen molar-refractivity contribution < 1.29 is 19.5 Å². The Morgan fingerprint density at radius 3 is 2.18 bits per heavy atom. The van der Waals surface area contributed by atoms with Gasteiger partial charge in [0.05, 0.1) is 6.10 Å². The van der Waals surface area contributed by atoms with Crippen LogP contribution in [-0.2, 0) is 14.4 Å². The molecule has 17 heavy (non-hydrogen) atoms. The standard InChI is InChI=1S/C12H23NO4/c1-9(14)16-8-17-13-11(2,3)6-10(15)7-12(13,4)5/h10,15H,6-8H2,1-5H3. The molecule has 1 saturated heterocycles. The van der Waals surface area contributed by atoms with E-state index in [0.29, 0.717) is 12.8 Å². The van der Waals surface area contributed by atoms with Crippen LogP contribution in [0.25, 0.3) is 0 Å². The molecule has 1 fully saturated rings. The van der Waals surface area contributed by atoms with Gasteiger partial charge in [-0.1, -0.05) is 0 Å². The smallest absolute Gasteiger partial charge is 0.304 e. The monoisotopic (exact) mass is 245 g/mol. The van der Waals surface area contributed by atoms with Gasteiger partial charge in [-0.3, -0.25) is 9.63 Å². The number of aliphatic hydroxyl groups is 1. The van der Waals surface area contributed by atoms with Crippen molar-refractivity contribution in [3.05, 3.63) is 0 Å². The molecule has 0 spiro atoms. The van der Waals surface area contributed by atoms with Crippen molar-refractivity contribution in [2.75, 3.05) is 6.79 Å². The maximum atomic E-state index is 10.7. The molecule has 0 amide bonds. The zero-order chi connectivity index (χ0) is 13.3. The van der Waals surface area contributed by atoms with Gasteiger partial charge in [0.2, 0.25) is 6.79 Å². The van der Waals surface area contributed by atoms with Crippen LogP contribution in [0.5, 0.6) is 0 Å².